The molecule has 0 aliphatic rings. The molecule has 1 aromatic rings. The monoisotopic (exact) mass is 229 g/mol. The molecular formula is C11H16FNOS. The van der Waals surface area contributed by atoms with Crippen molar-refractivity contribution in [1.82, 2.24) is 0 Å². The second-order valence-electron chi connectivity index (χ2n) is 3.05. The van der Waals surface area contributed by atoms with Crippen molar-refractivity contribution in [3.05, 3.63) is 30.1 Å². The second kappa shape index (κ2) is 6.82. The van der Waals surface area contributed by atoms with Gasteiger partial charge in [0.2, 0.25) is 0 Å². The zero-order valence-corrected chi connectivity index (χ0v) is 9.60. The summed E-state index contributed by atoms with van der Waals surface area (Å²) in [6, 6.07) is 6.73. The maximum Gasteiger partial charge on any atom is 0.136 e. The van der Waals surface area contributed by atoms with Crippen molar-refractivity contribution >= 4 is 11.8 Å². The molecule has 0 aliphatic carbocycles. The van der Waals surface area contributed by atoms with Crippen LogP contribution in [0.2, 0.25) is 0 Å². The van der Waals surface area contributed by atoms with E-state index in [4.69, 9.17) is 10.5 Å². The highest BCUT2D eigenvalue weighted by atomic mass is 32.2. The van der Waals surface area contributed by atoms with E-state index in [2.05, 4.69) is 0 Å². The minimum Gasteiger partial charge on any atom is -0.376 e. The third-order valence-corrected chi connectivity index (χ3v) is 3.11. The van der Waals surface area contributed by atoms with Crippen molar-refractivity contribution in [2.75, 3.05) is 18.9 Å². The molecule has 1 unspecified atom stereocenters. The van der Waals surface area contributed by atoms with Crippen LogP contribution in [0.25, 0.3) is 0 Å². The number of benzene rings is 1. The Bertz CT molecular complexity index is 296. The first-order chi connectivity index (χ1) is 7.27. The first kappa shape index (κ1) is 12.5. The fraction of sp³-hybridized carbons (Fsp3) is 0.455. The summed E-state index contributed by atoms with van der Waals surface area (Å²) in [6.45, 7) is 3.03. The van der Waals surface area contributed by atoms with Gasteiger partial charge in [-0.1, -0.05) is 12.1 Å². The summed E-state index contributed by atoms with van der Waals surface area (Å²) in [5.74, 6) is 0.500. The molecule has 1 rings (SSSR count). The van der Waals surface area contributed by atoms with Gasteiger partial charge in [0.25, 0.3) is 0 Å². The molecular weight excluding hydrogens is 213 g/mol. The lowest BCUT2D eigenvalue weighted by Crippen LogP contribution is -2.26. The summed E-state index contributed by atoms with van der Waals surface area (Å²) < 4.78 is 18.6. The van der Waals surface area contributed by atoms with Crippen LogP contribution in [0.4, 0.5) is 4.39 Å². The molecule has 2 nitrogen and oxygen atoms in total. The third-order valence-electron chi connectivity index (χ3n) is 1.93. The molecule has 0 fully saturated rings. The highest BCUT2D eigenvalue weighted by molar-refractivity contribution is 7.99. The average molecular weight is 229 g/mol. The molecule has 15 heavy (non-hydrogen) atoms. The molecule has 0 aliphatic heterocycles. The van der Waals surface area contributed by atoms with E-state index in [0.717, 1.165) is 0 Å². The maximum atomic E-state index is 13.2. The molecule has 0 aromatic heterocycles. The number of halogens is 1. The van der Waals surface area contributed by atoms with Crippen molar-refractivity contribution in [3.8, 4) is 0 Å². The average Bonchev–Trinajstić information content (AvgIpc) is 2.26. The van der Waals surface area contributed by atoms with Crippen LogP contribution in [0.1, 0.15) is 6.92 Å². The largest absolute Gasteiger partial charge is 0.376 e. The van der Waals surface area contributed by atoms with Crippen LogP contribution in [0.15, 0.2) is 29.2 Å². The summed E-state index contributed by atoms with van der Waals surface area (Å²) in [7, 11) is 0. The Balaban J connectivity index is 2.45. The molecule has 84 valence electrons. The molecule has 4 heteroatoms. The summed E-state index contributed by atoms with van der Waals surface area (Å²) in [5.41, 5.74) is 5.53. The molecule has 0 heterocycles. The number of hydrogen-bond donors (Lipinski definition) is 1. The van der Waals surface area contributed by atoms with Gasteiger partial charge in [-0.3, -0.25) is 0 Å². The molecule has 0 saturated carbocycles. The number of nitrogens with two attached hydrogens (primary N) is 1. The van der Waals surface area contributed by atoms with Gasteiger partial charge in [0.05, 0.1) is 6.10 Å². The quantitative estimate of drug-likeness (QED) is 0.760. The Hall–Kier alpha value is -0.580. The molecule has 0 spiro atoms. The minimum atomic E-state index is -0.185. The number of rotatable bonds is 6. The lowest BCUT2D eigenvalue weighted by Gasteiger charge is -2.14. The van der Waals surface area contributed by atoms with E-state index < -0.39 is 0 Å². The zero-order valence-electron chi connectivity index (χ0n) is 8.78. The van der Waals surface area contributed by atoms with Crippen molar-refractivity contribution in [3.63, 3.8) is 0 Å². The lowest BCUT2D eigenvalue weighted by molar-refractivity contribution is 0.0858. The van der Waals surface area contributed by atoms with E-state index in [0.29, 0.717) is 23.8 Å². The Morgan fingerprint density at radius 1 is 1.47 bits per heavy atom. The van der Waals surface area contributed by atoms with Crippen LogP contribution in [0, 0.1) is 5.82 Å². The molecule has 0 bridgehead atoms. The minimum absolute atomic E-state index is 0.000365. The fourth-order valence-corrected chi connectivity index (χ4v) is 2.14. The topological polar surface area (TPSA) is 35.2 Å². The van der Waals surface area contributed by atoms with Gasteiger partial charge in [-0.2, -0.15) is 0 Å². The molecule has 0 radical (unpaired) electrons. The molecule has 2 N–H and O–H groups in total. The SMILES string of the molecule is CCOC(CN)CSc1ccccc1F. The zero-order chi connectivity index (χ0) is 11.1. The Morgan fingerprint density at radius 3 is 2.80 bits per heavy atom. The second-order valence-corrected chi connectivity index (χ2v) is 4.12. The van der Waals surface area contributed by atoms with Crippen LogP contribution in [-0.2, 0) is 4.74 Å². The molecule has 1 aromatic carbocycles. The molecule has 1 atom stereocenters. The third kappa shape index (κ3) is 4.20. The van der Waals surface area contributed by atoms with Gasteiger partial charge in [-0.05, 0) is 19.1 Å². The van der Waals surface area contributed by atoms with Crippen LogP contribution in [0.3, 0.4) is 0 Å². The van der Waals surface area contributed by atoms with E-state index in [1.165, 1.54) is 17.8 Å². The lowest BCUT2D eigenvalue weighted by atomic mass is 10.3. The fourth-order valence-electron chi connectivity index (χ4n) is 1.16. The van der Waals surface area contributed by atoms with Crippen LogP contribution < -0.4 is 5.73 Å². The highest BCUT2D eigenvalue weighted by Crippen LogP contribution is 2.22. The van der Waals surface area contributed by atoms with Gasteiger partial charge in [0.15, 0.2) is 0 Å². The van der Waals surface area contributed by atoms with Gasteiger partial charge in [0, 0.05) is 23.8 Å². The van der Waals surface area contributed by atoms with Crippen molar-refractivity contribution in [2.45, 2.75) is 17.9 Å². The predicted octanol–water partition coefficient (Wildman–Crippen LogP) is 2.28. The van der Waals surface area contributed by atoms with E-state index in [1.807, 2.05) is 13.0 Å². The Kier molecular flexibility index (Phi) is 5.68. The maximum absolute atomic E-state index is 13.2. The van der Waals surface area contributed by atoms with Gasteiger partial charge in [0.1, 0.15) is 5.82 Å². The van der Waals surface area contributed by atoms with E-state index in [9.17, 15) is 4.39 Å². The normalized spacial score (nSPS) is 12.7. The van der Waals surface area contributed by atoms with E-state index >= 15 is 0 Å². The number of ether oxygens (including phenoxy) is 1. The number of hydrogen-bond acceptors (Lipinski definition) is 3. The summed E-state index contributed by atoms with van der Waals surface area (Å²) in [6.07, 6.45) is -0.000365. The van der Waals surface area contributed by atoms with Gasteiger partial charge < -0.3 is 10.5 Å². The van der Waals surface area contributed by atoms with Gasteiger partial charge >= 0.3 is 0 Å². The Morgan fingerprint density at radius 2 is 2.20 bits per heavy atom. The summed E-state index contributed by atoms with van der Waals surface area (Å²) in [4.78, 5) is 0.649. The van der Waals surface area contributed by atoms with Crippen molar-refractivity contribution in [2.24, 2.45) is 5.73 Å². The molecule has 0 saturated heterocycles. The summed E-state index contributed by atoms with van der Waals surface area (Å²) in [5, 5.41) is 0. The van der Waals surface area contributed by atoms with Crippen LogP contribution in [-0.4, -0.2) is 25.0 Å². The highest BCUT2D eigenvalue weighted by Gasteiger charge is 2.08. The van der Waals surface area contributed by atoms with Crippen LogP contribution >= 0.6 is 11.8 Å². The van der Waals surface area contributed by atoms with E-state index in [-0.39, 0.29) is 11.9 Å². The van der Waals surface area contributed by atoms with Crippen molar-refractivity contribution in [1.29, 1.82) is 0 Å². The standard InChI is InChI=1S/C11H16FNOS/c1-2-14-9(7-13)8-15-11-6-4-3-5-10(11)12/h3-6,9H,2,7-8,13H2,1H3. The number of thioether (sulfide) groups is 1. The summed E-state index contributed by atoms with van der Waals surface area (Å²) >= 11 is 1.44. The molecule has 0 amide bonds. The van der Waals surface area contributed by atoms with Gasteiger partial charge in [-0.15, -0.1) is 11.8 Å². The van der Waals surface area contributed by atoms with Crippen LogP contribution in [0.5, 0.6) is 0 Å². The predicted molar refractivity (Wildman–Crippen MR) is 61.6 cm³/mol. The van der Waals surface area contributed by atoms with E-state index in [1.54, 1.807) is 12.1 Å². The van der Waals surface area contributed by atoms with Crippen molar-refractivity contribution < 1.29 is 9.13 Å². The first-order valence-electron chi connectivity index (χ1n) is 4.97. The van der Waals surface area contributed by atoms with Gasteiger partial charge in [-0.25, -0.2) is 4.39 Å². The first-order valence-corrected chi connectivity index (χ1v) is 5.95. The Labute approximate surface area is 94.0 Å². The smallest absolute Gasteiger partial charge is 0.136 e.